The van der Waals surface area contributed by atoms with Gasteiger partial charge < -0.3 is 13.9 Å². The molecule has 0 saturated heterocycles. The van der Waals surface area contributed by atoms with E-state index in [9.17, 15) is 10.5 Å². The van der Waals surface area contributed by atoms with Gasteiger partial charge in [-0.2, -0.15) is 0 Å². The number of Topliss-reactive ketones (excluding diaryl/α,β-unsaturated/α-hetero) is 2. The maximum atomic E-state index is 15.3. The van der Waals surface area contributed by atoms with Gasteiger partial charge in [0.1, 0.15) is 11.0 Å². The van der Waals surface area contributed by atoms with Crippen LogP contribution in [0.1, 0.15) is 355 Å². The van der Waals surface area contributed by atoms with Crippen LogP contribution in [0.4, 0.5) is 0 Å². The second kappa shape index (κ2) is 50.7. The second-order valence-electron chi connectivity index (χ2n) is 39.7. The molecule has 9 aromatic heterocycles. The highest BCUT2D eigenvalue weighted by Gasteiger charge is 2.39. The number of aromatic nitrogens is 4. The number of rotatable bonds is 51. The summed E-state index contributed by atoms with van der Waals surface area (Å²) in [6.45, 7) is 40.5. The first-order chi connectivity index (χ1) is 70.6. The molecule has 9 heterocycles. The summed E-state index contributed by atoms with van der Waals surface area (Å²) in [6, 6.07) is 23.0. The van der Waals surface area contributed by atoms with Gasteiger partial charge in [-0.25, -0.2) is 35.0 Å². The van der Waals surface area contributed by atoms with Crippen LogP contribution in [0.5, 0.6) is 0 Å². The van der Waals surface area contributed by atoms with Crippen LogP contribution in [-0.4, -0.2) is 43.2 Å². The zero-order valence-electron chi connectivity index (χ0n) is 85.3. The number of thiophene rings is 6. The summed E-state index contributed by atoms with van der Waals surface area (Å²) in [6.07, 6.45) is 52.9. The predicted molar refractivity (Wildman–Crippen MR) is 627 cm³/mol. The molecule has 16 rings (SSSR count). The minimum atomic E-state index is -0.528. The molecule has 0 N–H and O–H groups in total. The van der Waals surface area contributed by atoms with Crippen LogP contribution in [0.2, 0.25) is 30.1 Å². The number of nitriles is 2. The molecule has 24 heteroatoms. The van der Waals surface area contributed by atoms with Gasteiger partial charge in [-0.1, -0.05) is 362 Å². The number of fused-ring (bicyclic) bond motifs is 18. The Kier molecular flexibility index (Phi) is 38.1. The third-order valence-corrected chi connectivity index (χ3v) is 39.7. The number of ketones is 2. The number of benzene rings is 5. The van der Waals surface area contributed by atoms with E-state index in [1.165, 1.54) is 138 Å². The first-order valence-corrected chi connectivity index (χ1v) is 60.4. The lowest BCUT2D eigenvalue weighted by Crippen LogP contribution is -2.13. The van der Waals surface area contributed by atoms with Crippen LogP contribution in [-0.2, 0) is 37.1 Å². The zero-order chi connectivity index (χ0) is 102. The Labute approximate surface area is 909 Å². The molecule has 0 saturated carbocycles. The highest BCUT2D eigenvalue weighted by Crippen LogP contribution is 2.60. The molecule has 0 radical (unpaired) electrons. The fourth-order valence-electron chi connectivity index (χ4n) is 22.1. The molecule has 5 aromatic carbocycles. The molecule has 2 aliphatic carbocycles. The Morgan fingerprint density at radius 3 is 1.13 bits per heavy atom. The van der Waals surface area contributed by atoms with Crippen molar-refractivity contribution < 1.29 is 19.1 Å². The Morgan fingerprint density at radius 2 is 0.772 bits per heavy atom. The lowest BCUT2D eigenvalue weighted by atomic mass is 9.91. The van der Waals surface area contributed by atoms with Crippen molar-refractivity contribution in [3.63, 3.8) is 0 Å². The van der Waals surface area contributed by atoms with Crippen molar-refractivity contribution in [1.29, 1.82) is 10.5 Å². The van der Waals surface area contributed by atoms with Crippen LogP contribution in [0.3, 0.4) is 0 Å². The second-order valence-corrected chi connectivity index (χ2v) is 48.5. The fraction of sp³-hybridized carbons (Fsp3) is 0.446. The molecule has 0 spiro atoms. The summed E-state index contributed by atoms with van der Waals surface area (Å²) in [5, 5.41) is 29.2. The number of unbranched alkanes of at least 4 members (excludes halogenated alkanes) is 18. The number of hydrogen-bond acceptors (Lipinski definition) is 14. The van der Waals surface area contributed by atoms with Crippen molar-refractivity contribution >= 4 is 272 Å². The molecule has 0 bridgehead atoms. The number of esters is 1. The molecule has 2 aliphatic rings. The van der Waals surface area contributed by atoms with Crippen molar-refractivity contribution in [2.45, 2.75) is 320 Å². The van der Waals surface area contributed by atoms with E-state index in [0.29, 0.717) is 118 Å². The smallest absolute Gasteiger partial charge is 0.358 e. The van der Waals surface area contributed by atoms with Crippen LogP contribution in [0.15, 0.2) is 108 Å². The first-order valence-electron chi connectivity index (χ1n) is 53.2. The molecule has 756 valence electrons. The van der Waals surface area contributed by atoms with E-state index in [1.54, 1.807) is 117 Å². The van der Waals surface area contributed by atoms with Gasteiger partial charge >= 0.3 is 5.97 Å². The molecular weight excluding hydrogens is 2030 g/mol. The average Bonchev–Trinajstić information content (AvgIpc) is 1.50. The molecule has 14 aromatic rings. The minimum Gasteiger partial charge on any atom is -0.461 e. The van der Waals surface area contributed by atoms with Crippen LogP contribution < -0.4 is 0 Å². The van der Waals surface area contributed by atoms with Crippen LogP contribution in [0.25, 0.3) is 147 Å². The zero-order valence-corrected chi connectivity index (χ0v) is 94.7. The highest BCUT2D eigenvalue weighted by atomic mass is 35.5. The highest BCUT2D eigenvalue weighted by molar-refractivity contribution is 7.36. The van der Waals surface area contributed by atoms with Gasteiger partial charge in [0.25, 0.3) is 11.4 Å². The normalized spacial score (nSPS) is 15.1. The van der Waals surface area contributed by atoms with E-state index in [1.807, 2.05) is 38.1 Å². The number of hydrogen-bond donors (Lipinski definition) is 0. The third kappa shape index (κ3) is 23.1. The number of allylic oxidation sites excluding steroid dienone is 10. The van der Waals surface area contributed by atoms with Crippen molar-refractivity contribution in [1.82, 2.24) is 19.1 Å². The molecule has 145 heavy (non-hydrogen) atoms. The Hall–Kier alpha value is -8.77. The maximum Gasteiger partial charge on any atom is 0.358 e. The van der Waals surface area contributed by atoms with Crippen LogP contribution in [0, 0.1) is 59.5 Å². The molecular formula is C121H130Cl6N8O4S6. The van der Waals surface area contributed by atoms with Gasteiger partial charge in [0.05, 0.1) is 118 Å². The minimum absolute atomic E-state index is 0.141. The van der Waals surface area contributed by atoms with Gasteiger partial charge in [-0.05, 0) is 168 Å². The van der Waals surface area contributed by atoms with Crippen molar-refractivity contribution in [3.8, 4) is 33.0 Å². The average molecular weight is 2170 g/mol. The maximum absolute atomic E-state index is 15.3. The van der Waals surface area contributed by atoms with Gasteiger partial charge in [-0.3, -0.25) is 9.59 Å². The quantitative estimate of drug-likeness (QED) is 0.0120. The number of aryl methyl sites for hydroxylation is 3. The summed E-state index contributed by atoms with van der Waals surface area (Å²) < 4.78 is 17.8. The largest absolute Gasteiger partial charge is 0.461 e. The van der Waals surface area contributed by atoms with Crippen molar-refractivity contribution in [2.75, 3.05) is 6.61 Å². The molecule has 4 unspecified atom stereocenters. The van der Waals surface area contributed by atoms with Gasteiger partial charge in [-0.15, -0.1) is 68.0 Å². The number of ether oxygens (including phenoxy) is 1. The summed E-state index contributed by atoms with van der Waals surface area (Å²) in [4.78, 5) is 71.2. The Morgan fingerprint density at radius 1 is 0.414 bits per heavy atom. The Bertz CT molecular complexity index is 7620. The molecule has 0 fully saturated rings. The SMILES string of the molecule is [C-]#[N+]\C(C#N)=C1/C(=C/C=C/c2sc3c(sc4c5c6nc(C(=O)OCC)c(CC)nc6c6c7sc8c(-c9cc(Cl)c(CC(CCCCCC)CCCCCCCC)s9)c(/C=C/C=C9\C(=O)c%10cc%11cc(Cl)c(Cl)cc%11cc%10\C9=C(\C#N)[N+]#[C-])sc8c7n(CCC(CC)CCCC)c6c5n(CCC(CC)CCCC)c34)c2-c2cc(Cl)c(CC(CCCCCC)CCCCCCCC)s2)C(=O)c2cc3cc(Cl)c(Cl)cc3cc21. The van der Waals surface area contributed by atoms with Crippen LogP contribution >= 0.6 is 138 Å². The van der Waals surface area contributed by atoms with E-state index in [4.69, 9.17) is 97.5 Å². The summed E-state index contributed by atoms with van der Waals surface area (Å²) in [5.74, 6) is 0.547. The molecule has 0 aliphatic heterocycles. The van der Waals surface area contributed by atoms with Gasteiger partial charge in [0.2, 0.25) is 0 Å². The summed E-state index contributed by atoms with van der Waals surface area (Å²) in [7, 11) is 0. The van der Waals surface area contributed by atoms with Crippen molar-refractivity contribution in [3.05, 3.63) is 214 Å². The topological polar surface area (TPSA) is 152 Å². The number of carbonyl (C=O) groups excluding carboxylic acids is 3. The molecule has 4 atom stereocenters. The summed E-state index contributed by atoms with van der Waals surface area (Å²) >= 11 is 52.9. The molecule has 12 nitrogen and oxygen atoms in total. The van der Waals surface area contributed by atoms with E-state index in [-0.39, 0.29) is 57.6 Å². The number of nitrogens with zero attached hydrogens (tertiary/aromatic N) is 8. The predicted octanol–water partition coefficient (Wildman–Crippen LogP) is 41.8. The lowest BCUT2D eigenvalue weighted by molar-refractivity contribution is 0.0517. The van der Waals surface area contributed by atoms with E-state index in [0.717, 1.165) is 210 Å². The monoisotopic (exact) mass is 2160 g/mol. The Balaban J connectivity index is 0.991. The lowest BCUT2D eigenvalue weighted by Gasteiger charge is -2.19. The third-order valence-electron chi connectivity index (χ3n) is 30.0. The van der Waals surface area contributed by atoms with E-state index >= 15 is 14.4 Å². The van der Waals surface area contributed by atoms with Gasteiger partial charge in [0, 0.05) is 97.7 Å². The first kappa shape index (κ1) is 109. The fourth-order valence-corrected chi connectivity index (χ4v) is 32.0. The van der Waals surface area contributed by atoms with E-state index in [2.05, 4.69) is 111 Å². The van der Waals surface area contributed by atoms with E-state index < -0.39 is 5.97 Å². The number of halogens is 6. The van der Waals surface area contributed by atoms with Gasteiger partial charge in [0.15, 0.2) is 17.3 Å². The standard InChI is InChI=1S/C121H130Cl6N8O4S6/c1-13-23-29-33-35-39-47-73(45-37-31-25-15-3)57-96-89(126)67-98(140-96)102-94(51-41-49-79-100(92(69-128)130-11)81-59-75-63-85(122)87(124)65-77(75)61-83(81)113(79)136)142-119-111-115(144-117(102)119)104-107-108(133-106(91(21-9)132-107)121(138)139-22-10)105-110(109(104)134(111)55-53-71(19-7)43-27-17-5)135(56-54-72(20-8)44-28-18-6)112-116(105)145-118-103(99-68-90(127)97(141-99)58-74(46-38-32-26-16-4)48-40-36-34-30-24-14-2)95(143-120(112)118)52-42-50-80-101(93(70-129)131-12)82-60-76-64-86(123)88(125)66-78(76)62-84(82)114(80)137/h41-42,49-52,59-68,71-74H,13-40,43-48,53-58H2,1-10H3/b51-41+,52-42+,79-49-,80-50-,100-92-,101-93+. The van der Waals surface area contributed by atoms with Crippen molar-refractivity contribution in [2.24, 2.45) is 23.7 Å². The number of carbonyl (C=O) groups is 3. The molecule has 0 amide bonds. The summed E-state index contributed by atoms with van der Waals surface area (Å²) in [5.41, 5.74) is 10.7.